The second-order valence-electron chi connectivity index (χ2n) is 9.52. The van der Waals surface area contributed by atoms with Gasteiger partial charge in [-0.15, -0.1) is 0 Å². The SMILES string of the molecule is C=C1NC(C)(CCCNCCC)CCN1C.CC.CC.CC1CCC(c2ccccc2)CC1. The van der Waals surface area contributed by atoms with Gasteiger partial charge < -0.3 is 15.5 Å². The van der Waals surface area contributed by atoms with Crippen LogP contribution in [0.15, 0.2) is 42.7 Å². The maximum atomic E-state index is 4.05. The van der Waals surface area contributed by atoms with E-state index < -0.39 is 0 Å². The lowest BCUT2D eigenvalue weighted by molar-refractivity contribution is 0.202. The summed E-state index contributed by atoms with van der Waals surface area (Å²) in [6.45, 7) is 22.3. The molecule has 1 heterocycles. The Morgan fingerprint density at radius 3 is 2.18 bits per heavy atom. The van der Waals surface area contributed by atoms with Crippen molar-refractivity contribution in [2.24, 2.45) is 5.92 Å². The molecule has 0 radical (unpaired) electrons. The summed E-state index contributed by atoms with van der Waals surface area (Å²) in [6.07, 6.45) is 10.5. The van der Waals surface area contributed by atoms with Crippen molar-refractivity contribution in [3.05, 3.63) is 48.3 Å². The topological polar surface area (TPSA) is 27.3 Å². The fraction of sp³-hybridized carbons (Fsp3) is 0.733. The Labute approximate surface area is 207 Å². The second kappa shape index (κ2) is 18.9. The van der Waals surface area contributed by atoms with Gasteiger partial charge in [-0.2, -0.15) is 0 Å². The normalized spacial score (nSPS) is 24.1. The van der Waals surface area contributed by atoms with Gasteiger partial charge in [-0.1, -0.05) is 91.3 Å². The Morgan fingerprint density at radius 1 is 1.03 bits per heavy atom. The van der Waals surface area contributed by atoms with E-state index in [0.29, 0.717) is 0 Å². The zero-order valence-electron chi connectivity index (χ0n) is 23.5. The van der Waals surface area contributed by atoms with Crippen LogP contribution in [-0.2, 0) is 0 Å². The summed E-state index contributed by atoms with van der Waals surface area (Å²) in [5, 5.41) is 6.99. The van der Waals surface area contributed by atoms with Crippen molar-refractivity contribution in [1.29, 1.82) is 0 Å². The van der Waals surface area contributed by atoms with Gasteiger partial charge in [0.1, 0.15) is 0 Å². The first-order valence-corrected chi connectivity index (χ1v) is 13.9. The fourth-order valence-electron chi connectivity index (χ4n) is 4.47. The molecule has 192 valence electrons. The maximum Gasteiger partial charge on any atom is 0.0940 e. The van der Waals surface area contributed by atoms with Crippen LogP contribution in [0, 0.1) is 5.92 Å². The number of nitrogens with one attached hydrogen (secondary N) is 2. The molecule has 3 nitrogen and oxygen atoms in total. The highest BCUT2D eigenvalue weighted by atomic mass is 15.3. The Kier molecular flexibility index (Phi) is 18.0. The van der Waals surface area contributed by atoms with Crippen LogP contribution in [0.25, 0.3) is 0 Å². The smallest absolute Gasteiger partial charge is 0.0940 e. The largest absolute Gasteiger partial charge is 0.367 e. The molecule has 0 aromatic heterocycles. The van der Waals surface area contributed by atoms with Gasteiger partial charge in [-0.25, -0.2) is 0 Å². The number of rotatable bonds is 7. The molecule has 1 aromatic carbocycles. The minimum atomic E-state index is 0.248. The van der Waals surface area contributed by atoms with E-state index in [2.05, 4.69) is 80.3 Å². The van der Waals surface area contributed by atoms with E-state index in [9.17, 15) is 0 Å². The minimum Gasteiger partial charge on any atom is -0.367 e. The van der Waals surface area contributed by atoms with Gasteiger partial charge in [0, 0.05) is 19.1 Å². The molecule has 2 N–H and O–H groups in total. The van der Waals surface area contributed by atoms with Crippen molar-refractivity contribution in [1.82, 2.24) is 15.5 Å². The zero-order valence-corrected chi connectivity index (χ0v) is 23.5. The van der Waals surface area contributed by atoms with Crippen LogP contribution in [0.5, 0.6) is 0 Å². The first-order chi connectivity index (χ1) is 15.9. The van der Waals surface area contributed by atoms with E-state index in [1.54, 1.807) is 5.56 Å². The predicted octanol–water partition coefficient (Wildman–Crippen LogP) is 7.95. The van der Waals surface area contributed by atoms with Crippen molar-refractivity contribution in [3.63, 3.8) is 0 Å². The monoisotopic (exact) mass is 459 g/mol. The molecule has 0 amide bonds. The lowest BCUT2D eigenvalue weighted by Gasteiger charge is -2.42. The molecule has 1 aliphatic heterocycles. The van der Waals surface area contributed by atoms with Gasteiger partial charge in [0.05, 0.1) is 5.82 Å². The molecular weight excluding hydrogens is 402 g/mol. The van der Waals surface area contributed by atoms with Crippen molar-refractivity contribution in [2.45, 2.75) is 111 Å². The van der Waals surface area contributed by atoms with Crippen molar-refractivity contribution in [2.75, 3.05) is 26.7 Å². The van der Waals surface area contributed by atoms with Crippen LogP contribution >= 0.6 is 0 Å². The molecule has 3 rings (SSSR count). The Bertz CT molecular complexity index is 577. The number of hydrogen-bond acceptors (Lipinski definition) is 3. The lowest BCUT2D eigenvalue weighted by Crippen LogP contribution is -2.52. The number of benzene rings is 1. The molecule has 33 heavy (non-hydrogen) atoms. The Hall–Kier alpha value is -1.48. The highest BCUT2D eigenvalue weighted by Gasteiger charge is 2.29. The quantitative estimate of drug-likeness (QED) is 0.405. The molecule has 1 saturated heterocycles. The van der Waals surface area contributed by atoms with Crippen LogP contribution in [-0.4, -0.2) is 37.1 Å². The molecule has 2 aliphatic rings. The van der Waals surface area contributed by atoms with Gasteiger partial charge >= 0.3 is 0 Å². The average Bonchev–Trinajstić information content (AvgIpc) is 2.86. The van der Waals surface area contributed by atoms with Crippen LogP contribution in [0.2, 0.25) is 0 Å². The Balaban J connectivity index is 0.000000546. The molecule has 1 aliphatic carbocycles. The second-order valence-corrected chi connectivity index (χ2v) is 9.52. The molecule has 1 atom stereocenters. The third-order valence-electron chi connectivity index (χ3n) is 6.70. The number of nitrogens with zero attached hydrogens (tertiary/aromatic N) is 1. The lowest BCUT2D eigenvalue weighted by atomic mass is 9.79. The number of hydrogen-bond donors (Lipinski definition) is 2. The standard InChI is InChI=1S/C13H27N3.C13H18.2C2H6/c1-5-9-14-10-6-7-13(3)8-11-16(4)12(2)15-13;1-11-7-9-13(10-8-11)12-5-3-2-4-6-12;2*1-2/h14-15H,2,5-11H2,1,3-4H3;2-6,11,13H,7-10H2,1H3;2*1-2H3. The summed E-state index contributed by atoms with van der Waals surface area (Å²) in [5.74, 6) is 2.87. The minimum absolute atomic E-state index is 0.248. The molecule has 1 saturated carbocycles. The van der Waals surface area contributed by atoms with E-state index in [4.69, 9.17) is 0 Å². The summed E-state index contributed by atoms with van der Waals surface area (Å²) in [7, 11) is 2.09. The average molecular weight is 460 g/mol. The van der Waals surface area contributed by atoms with E-state index in [0.717, 1.165) is 37.3 Å². The predicted molar refractivity (Wildman–Crippen MR) is 150 cm³/mol. The van der Waals surface area contributed by atoms with Gasteiger partial charge in [-0.05, 0) is 75.9 Å². The van der Waals surface area contributed by atoms with E-state index >= 15 is 0 Å². The van der Waals surface area contributed by atoms with Crippen LogP contribution in [0.4, 0.5) is 0 Å². The zero-order chi connectivity index (χ0) is 25.1. The van der Waals surface area contributed by atoms with Crippen LogP contribution in [0.1, 0.15) is 111 Å². The maximum absolute atomic E-state index is 4.05. The summed E-state index contributed by atoms with van der Waals surface area (Å²) in [4.78, 5) is 2.19. The molecule has 0 bridgehead atoms. The molecular formula is C30H57N3. The first-order valence-electron chi connectivity index (χ1n) is 13.9. The van der Waals surface area contributed by atoms with E-state index in [-0.39, 0.29) is 5.54 Å². The van der Waals surface area contributed by atoms with Crippen molar-refractivity contribution in [3.8, 4) is 0 Å². The Morgan fingerprint density at radius 2 is 1.64 bits per heavy atom. The third kappa shape index (κ3) is 13.1. The van der Waals surface area contributed by atoms with Gasteiger partial charge in [0.15, 0.2) is 0 Å². The van der Waals surface area contributed by atoms with Crippen molar-refractivity contribution < 1.29 is 0 Å². The summed E-state index contributed by atoms with van der Waals surface area (Å²) >= 11 is 0. The van der Waals surface area contributed by atoms with Gasteiger partial charge in [-0.3, -0.25) is 0 Å². The molecule has 3 heteroatoms. The molecule has 1 aromatic rings. The fourth-order valence-corrected chi connectivity index (χ4v) is 4.47. The highest BCUT2D eigenvalue weighted by Crippen LogP contribution is 2.35. The van der Waals surface area contributed by atoms with Crippen LogP contribution in [0.3, 0.4) is 0 Å². The highest BCUT2D eigenvalue weighted by molar-refractivity contribution is 5.19. The van der Waals surface area contributed by atoms with Gasteiger partial charge in [0.25, 0.3) is 0 Å². The van der Waals surface area contributed by atoms with E-state index in [1.807, 2.05) is 27.7 Å². The summed E-state index contributed by atoms with van der Waals surface area (Å²) in [6, 6.07) is 11.0. The first kappa shape index (κ1) is 31.5. The van der Waals surface area contributed by atoms with Gasteiger partial charge in [0.2, 0.25) is 0 Å². The summed E-state index contributed by atoms with van der Waals surface area (Å²) in [5.41, 5.74) is 1.80. The molecule has 2 fully saturated rings. The van der Waals surface area contributed by atoms with E-state index in [1.165, 1.54) is 51.4 Å². The van der Waals surface area contributed by atoms with Crippen molar-refractivity contribution >= 4 is 0 Å². The molecule has 0 spiro atoms. The molecule has 1 unspecified atom stereocenters. The third-order valence-corrected chi connectivity index (χ3v) is 6.70. The summed E-state index contributed by atoms with van der Waals surface area (Å²) < 4.78 is 0. The van der Waals surface area contributed by atoms with Crippen LogP contribution < -0.4 is 10.6 Å².